The topological polar surface area (TPSA) is 110 Å². The van der Waals surface area contributed by atoms with E-state index in [0.29, 0.717) is 25.6 Å². The van der Waals surface area contributed by atoms with Crippen molar-refractivity contribution in [3.63, 3.8) is 0 Å². The summed E-state index contributed by atoms with van der Waals surface area (Å²) < 4.78 is 28.2. The van der Waals surface area contributed by atoms with Gasteiger partial charge in [-0.15, -0.1) is 0 Å². The van der Waals surface area contributed by atoms with E-state index < -0.39 is 10.0 Å². The smallest absolute Gasteiger partial charge is 0.238 e. The van der Waals surface area contributed by atoms with Gasteiger partial charge in [0, 0.05) is 19.5 Å². The minimum Gasteiger partial charge on any atom is -0.469 e. The molecular formula is C22H26N4O3S. The first-order valence-corrected chi connectivity index (χ1v) is 11.2. The Kier molecular flexibility index (Phi) is 7.26. The molecule has 0 spiro atoms. The summed E-state index contributed by atoms with van der Waals surface area (Å²) in [4.78, 5) is 4.77. The van der Waals surface area contributed by atoms with Gasteiger partial charge in [0.25, 0.3) is 0 Å². The van der Waals surface area contributed by atoms with E-state index in [2.05, 4.69) is 34.7 Å². The van der Waals surface area contributed by atoms with Crippen molar-refractivity contribution >= 4 is 16.0 Å². The number of hydrogen-bond donors (Lipinski definition) is 3. The zero-order valence-corrected chi connectivity index (χ0v) is 17.7. The van der Waals surface area contributed by atoms with Gasteiger partial charge in [-0.1, -0.05) is 42.0 Å². The van der Waals surface area contributed by atoms with Crippen LogP contribution in [0.3, 0.4) is 0 Å². The standard InChI is InChI=1S/C22H26N4O3S/c1-17-4-2-5-19(14-17)16-26-22(24-12-11-20-6-3-13-29-20)25-15-18-7-9-21(10-8-18)30(23,27)28/h2-10,13-14H,11-12,15-16H2,1H3,(H2,23,27,28)(H2,24,25,26). The van der Waals surface area contributed by atoms with Gasteiger partial charge in [-0.25, -0.2) is 18.5 Å². The maximum Gasteiger partial charge on any atom is 0.238 e. The number of guanidine groups is 1. The fraction of sp³-hybridized carbons (Fsp3) is 0.227. The van der Waals surface area contributed by atoms with Crippen molar-refractivity contribution in [1.29, 1.82) is 0 Å². The van der Waals surface area contributed by atoms with Crippen molar-refractivity contribution in [2.75, 3.05) is 6.54 Å². The fourth-order valence-electron chi connectivity index (χ4n) is 2.90. The van der Waals surface area contributed by atoms with E-state index in [1.54, 1.807) is 18.4 Å². The lowest BCUT2D eigenvalue weighted by Gasteiger charge is -2.13. The first-order chi connectivity index (χ1) is 14.4. The van der Waals surface area contributed by atoms with Gasteiger partial charge in [0.15, 0.2) is 5.96 Å². The van der Waals surface area contributed by atoms with Crippen molar-refractivity contribution in [3.8, 4) is 0 Å². The molecule has 7 nitrogen and oxygen atoms in total. The second-order valence-corrected chi connectivity index (χ2v) is 8.51. The molecule has 1 aromatic heterocycles. The molecule has 4 N–H and O–H groups in total. The van der Waals surface area contributed by atoms with Gasteiger partial charge in [-0.05, 0) is 42.3 Å². The summed E-state index contributed by atoms with van der Waals surface area (Å²) in [7, 11) is -3.69. The van der Waals surface area contributed by atoms with Crippen LogP contribution in [-0.2, 0) is 29.5 Å². The van der Waals surface area contributed by atoms with Crippen LogP contribution in [0, 0.1) is 6.92 Å². The molecule has 0 aliphatic rings. The lowest BCUT2D eigenvalue weighted by atomic mass is 10.1. The number of aliphatic imine (C=N–C) groups is 1. The molecule has 3 aromatic rings. The van der Waals surface area contributed by atoms with Gasteiger partial charge in [-0.2, -0.15) is 0 Å². The molecule has 0 amide bonds. The molecule has 0 saturated carbocycles. The van der Waals surface area contributed by atoms with E-state index in [1.807, 2.05) is 24.3 Å². The maximum absolute atomic E-state index is 11.4. The summed E-state index contributed by atoms with van der Waals surface area (Å²) in [5.74, 6) is 1.57. The first kappa shape index (κ1) is 21.6. The lowest BCUT2D eigenvalue weighted by molar-refractivity contribution is 0.506. The average molecular weight is 427 g/mol. The van der Waals surface area contributed by atoms with Crippen molar-refractivity contribution in [1.82, 2.24) is 10.6 Å². The molecule has 0 unspecified atom stereocenters. The Hall–Kier alpha value is -3.10. The number of primary sulfonamides is 1. The first-order valence-electron chi connectivity index (χ1n) is 9.62. The molecule has 1 heterocycles. The van der Waals surface area contributed by atoms with Crippen LogP contribution < -0.4 is 15.8 Å². The monoisotopic (exact) mass is 426 g/mol. The predicted octanol–water partition coefficient (Wildman–Crippen LogP) is 2.71. The highest BCUT2D eigenvalue weighted by Gasteiger charge is 2.07. The Morgan fingerprint density at radius 2 is 1.83 bits per heavy atom. The third-order valence-electron chi connectivity index (χ3n) is 4.46. The molecule has 30 heavy (non-hydrogen) atoms. The number of rotatable bonds is 8. The highest BCUT2D eigenvalue weighted by atomic mass is 32.2. The Balaban J connectivity index is 1.64. The van der Waals surface area contributed by atoms with Crippen molar-refractivity contribution in [3.05, 3.63) is 89.4 Å². The molecule has 3 rings (SSSR count). The zero-order chi connectivity index (χ0) is 21.4. The summed E-state index contributed by atoms with van der Waals surface area (Å²) in [6.45, 7) is 3.75. The van der Waals surface area contributed by atoms with E-state index in [1.165, 1.54) is 17.7 Å². The molecule has 158 valence electrons. The number of nitrogens with one attached hydrogen (secondary N) is 2. The van der Waals surface area contributed by atoms with E-state index >= 15 is 0 Å². The van der Waals surface area contributed by atoms with Crippen LogP contribution in [0.4, 0.5) is 0 Å². The largest absolute Gasteiger partial charge is 0.469 e. The molecule has 0 radical (unpaired) electrons. The lowest BCUT2D eigenvalue weighted by Crippen LogP contribution is -2.38. The van der Waals surface area contributed by atoms with Crippen LogP contribution in [0.25, 0.3) is 0 Å². The van der Waals surface area contributed by atoms with E-state index in [0.717, 1.165) is 23.3 Å². The molecular weight excluding hydrogens is 400 g/mol. The zero-order valence-electron chi connectivity index (χ0n) is 16.8. The fourth-order valence-corrected chi connectivity index (χ4v) is 3.41. The van der Waals surface area contributed by atoms with Gasteiger partial charge in [0.2, 0.25) is 10.0 Å². The SMILES string of the molecule is Cc1cccc(CN=C(NCCc2ccco2)NCc2ccc(S(N)(=O)=O)cc2)c1. The van der Waals surface area contributed by atoms with E-state index in [-0.39, 0.29) is 4.90 Å². The highest BCUT2D eigenvalue weighted by molar-refractivity contribution is 7.89. The van der Waals surface area contributed by atoms with Crippen LogP contribution in [0.1, 0.15) is 22.5 Å². The second-order valence-electron chi connectivity index (χ2n) is 6.95. The number of benzene rings is 2. The van der Waals surface area contributed by atoms with Gasteiger partial charge in [-0.3, -0.25) is 0 Å². The summed E-state index contributed by atoms with van der Waals surface area (Å²) in [6, 6.07) is 18.5. The number of aryl methyl sites for hydroxylation is 1. The third-order valence-corrected chi connectivity index (χ3v) is 5.39. The van der Waals surface area contributed by atoms with E-state index in [9.17, 15) is 8.42 Å². The van der Waals surface area contributed by atoms with Gasteiger partial charge in [0.1, 0.15) is 5.76 Å². The van der Waals surface area contributed by atoms with Crippen LogP contribution in [0.5, 0.6) is 0 Å². The number of furan rings is 1. The summed E-state index contributed by atoms with van der Waals surface area (Å²) in [6.07, 6.45) is 2.40. The number of hydrogen-bond acceptors (Lipinski definition) is 4. The molecule has 8 heteroatoms. The maximum atomic E-state index is 11.4. The molecule has 0 aliphatic heterocycles. The minimum atomic E-state index is -3.69. The molecule has 2 aromatic carbocycles. The highest BCUT2D eigenvalue weighted by Crippen LogP contribution is 2.09. The third kappa shape index (κ3) is 6.75. The van der Waals surface area contributed by atoms with Gasteiger partial charge < -0.3 is 15.1 Å². The average Bonchev–Trinajstić information content (AvgIpc) is 3.23. The molecule has 0 bridgehead atoms. The Morgan fingerprint density at radius 1 is 1.03 bits per heavy atom. The molecule has 0 aliphatic carbocycles. The van der Waals surface area contributed by atoms with Gasteiger partial charge >= 0.3 is 0 Å². The van der Waals surface area contributed by atoms with Crippen molar-refractivity contribution in [2.45, 2.75) is 31.3 Å². The molecule has 0 fully saturated rings. The normalized spacial score (nSPS) is 12.0. The van der Waals surface area contributed by atoms with E-state index in [4.69, 9.17) is 9.56 Å². The summed E-state index contributed by atoms with van der Waals surface area (Å²) >= 11 is 0. The molecule has 0 saturated heterocycles. The second kappa shape index (κ2) is 10.1. The van der Waals surface area contributed by atoms with Crippen molar-refractivity contribution in [2.24, 2.45) is 10.1 Å². The number of nitrogens with zero attached hydrogens (tertiary/aromatic N) is 1. The quantitative estimate of drug-likeness (QED) is 0.379. The van der Waals surface area contributed by atoms with Crippen LogP contribution >= 0.6 is 0 Å². The minimum absolute atomic E-state index is 0.0937. The van der Waals surface area contributed by atoms with Gasteiger partial charge in [0.05, 0.1) is 17.7 Å². The summed E-state index contributed by atoms with van der Waals surface area (Å²) in [5, 5.41) is 11.7. The predicted molar refractivity (Wildman–Crippen MR) is 117 cm³/mol. The number of sulfonamides is 1. The summed E-state index contributed by atoms with van der Waals surface area (Å²) in [5.41, 5.74) is 3.23. The van der Waals surface area contributed by atoms with Crippen LogP contribution in [0.2, 0.25) is 0 Å². The molecule has 0 atom stereocenters. The van der Waals surface area contributed by atoms with Crippen LogP contribution in [0.15, 0.2) is 81.2 Å². The number of nitrogens with two attached hydrogens (primary N) is 1. The Morgan fingerprint density at radius 3 is 2.50 bits per heavy atom. The Bertz CT molecular complexity index is 1080. The Labute approximate surface area is 177 Å². The van der Waals surface area contributed by atoms with Crippen molar-refractivity contribution < 1.29 is 12.8 Å². The van der Waals surface area contributed by atoms with Crippen LogP contribution in [-0.4, -0.2) is 20.9 Å².